The van der Waals surface area contributed by atoms with Crippen molar-refractivity contribution in [3.8, 4) is 17.1 Å². The maximum absolute atomic E-state index is 6.51. The van der Waals surface area contributed by atoms with Crippen molar-refractivity contribution in [2.75, 3.05) is 26.3 Å². The standard InChI is InChI=1S/C22H23ClN4O2S/c23-19-9-5-4-8-18(19)20-24-26(21(30)27(20)17-6-2-1-3-7-17)16-25-12-10-22(11-13-25)28-14-15-29-22/h1-9H,10-16H2. The van der Waals surface area contributed by atoms with Gasteiger partial charge in [-0.05, 0) is 36.5 Å². The summed E-state index contributed by atoms with van der Waals surface area (Å²) in [6.45, 7) is 3.75. The van der Waals surface area contributed by atoms with E-state index in [2.05, 4.69) is 4.90 Å². The van der Waals surface area contributed by atoms with Crippen molar-refractivity contribution in [3.63, 3.8) is 0 Å². The van der Waals surface area contributed by atoms with Crippen LogP contribution in [0.2, 0.25) is 5.02 Å². The second kappa shape index (κ2) is 8.24. The van der Waals surface area contributed by atoms with Gasteiger partial charge in [0.05, 0.1) is 24.9 Å². The monoisotopic (exact) mass is 442 g/mol. The fraction of sp³-hybridized carbons (Fsp3) is 0.364. The first-order chi connectivity index (χ1) is 14.7. The molecule has 2 aliphatic heterocycles. The second-order valence-electron chi connectivity index (χ2n) is 7.62. The Kier molecular flexibility index (Phi) is 5.47. The first-order valence-corrected chi connectivity index (χ1v) is 10.9. The molecule has 0 N–H and O–H groups in total. The predicted octanol–water partition coefficient (Wildman–Crippen LogP) is 4.52. The van der Waals surface area contributed by atoms with Crippen molar-refractivity contribution in [2.24, 2.45) is 0 Å². The van der Waals surface area contributed by atoms with Crippen LogP contribution in [0.5, 0.6) is 0 Å². The summed E-state index contributed by atoms with van der Waals surface area (Å²) < 4.78 is 16.2. The van der Waals surface area contributed by atoms with E-state index in [1.807, 2.05) is 63.8 Å². The molecule has 0 saturated carbocycles. The summed E-state index contributed by atoms with van der Waals surface area (Å²) in [5, 5.41) is 5.54. The average molecular weight is 443 g/mol. The smallest absolute Gasteiger partial charge is 0.204 e. The van der Waals surface area contributed by atoms with Gasteiger partial charge < -0.3 is 9.47 Å². The molecule has 2 saturated heterocycles. The number of aromatic nitrogens is 3. The molecule has 6 nitrogen and oxygen atoms in total. The Balaban J connectivity index is 1.48. The fourth-order valence-electron chi connectivity index (χ4n) is 4.14. The van der Waals surface area contributed by atoms with Gasteiger partial charge in [0, 0.05) is 37.2 Å². The van der Waals surface area contributed by atoms with Crippen LogP contribution in [0.3, 0.4) is 0 Å². The molecule has 3 heterocycles. The van der Waals surface area contributed by atoms with E-state index < -0.39 is 0 Å². The van der Waals surface area contributed by atoms with Crippen LogP contribution in [-0.2, 0) is 16.1 Å². The van der Waals surface area contributed by atoms with E-state index in [9.17, 15) is 0 Å². The minimum atomic E-state index is -0.385. The number of piperidine rings is 1. The largest absolute Gasteiger partial charge is 0.347 e. The normalized spacial score (nSPS) is 18.8. The molecule has 1 spiro atoms. The summed E-state index contributed by atoms with van der Waals surface area (Å²) in [7, 11) is 0. The third kappa shape index (κ3) is 3.72. The van der Waals surface area contributed by atoms with Gasteiger partial charge in [0.2, 0.25) is 4.77 Å². The molecular weight excluding hydrogens is 420 g/mol. The van der Waals surface area contributed by atoms with Gasteiger partial charge in [-0.25, -0.2) is 4.68 Å². The summed E-state index contributed by atoms with van der Waals surface area (Å²) >= 11 is 12.4. The second-order valence-corrected chi connectivity index (χ2v) is 8.40. The topological polar surface area (TPSA) is 44.4 Å². The highest BCUT2D eigenvalue weighted by molar-refractivity contribution is 7.71. The van der Waals surface area contributed by atoms with E-state index in [0.717, 1.165) is 43.0 Å². The number of nitrogens with zero attached hydrogens (tertiary/aromatic N) is 4. The van der Waals surface area contributed by atoms with Crippen LogP contribution in [0, 0.1) is 4.77 Å². The Morgan fingerprint density at radius 3 is 2.33 bits per heavy atom. The molecule has 0 atom stereocenters. The average Bonchev–Trinajstić information content (AvgIpc) is 3.36. The minimum Gasteiger partial charge on any atom is -0.347 e. The van der Waals surface area contributed by atoms with E-state index in [-0.39, 0.29) is 5.79 Å². The number of benzene rings is 2. The van der Waals surface area contributed by atoms with Crippen LogP contribution in [-0.4, -0.2) is 51.3 Å². The Bertz CT molecular complexity index is 1080. The zero-order valence-electron chi connectivity index (χ0n) is 16.5. The molecule has 2 fully saturated rings. The number of rotatable bonds is 4. The quantitative estimate of drug-likeness (QED) is 0.556. The van der Waals surface area contributed by atoms with Crippen LogP contribution in [0.25, 0.3) is 17.1 Å². The van der Waals surface area contributed by atoms with Gasteiger partial charge >= 0.3 is 0 Å². The Morgan fingerprint density at radius 1 is 0.967 bits per heavy atom. The number of hydrogen-bond acceptors (Lipinski definition) is 5. The maximum atomic E-state index is 6.51. The molecular formula is C22H23ClN4O2S. The Hall–Kier alpha value is -2.03. The van der Waals surface area contributed by atoms with Gasteiger partial charge in [-0.2, -0.15) is 0 Å². The molecule has 1 aromatic heterocycles. The number of halogens is 1. The van der Waals surface area contributed by atoms with Gasteiger partial charge in [-0.3, -0.25) is 9.47 Å². The van der Waals surface area contributed by atoms with Crippen molar-refractivity contribution >= 4 is 23.8 Å². The lowest BCUT2D eigenvalue weighted by molar-refractivity contribution is -0.187. The lowest BCUT2D eigenvalue weighted by atomic mass is 10.0. The van der Waals surface area contributed by atoms with Gasteiger partial charge in [0.15, 0.2) is 11.6 Å². The van der Waals surface area contributed by atoms with E-state index >= 15 is 0 Å². The number of likely N-dealkylation sites (tertiary alicyclic amines) is 1. The number of para-hydroxylation sites is 1. The molecule has 2 aromatic carbocycles. The van der Waals surface area contributed by atoms with E-state index in [1.165, 1.54) is 0 Å². The van der Waals surface area contributed by atoms with Crippen molar-refractivity contribution in [2.45, 2.75) is 25.3 Å². The van der Waals surface area contributed by atoms with Crippen molar-refractivity contribution < 1.29 is 9.47 Å². The summed E-state index contributed by atoms with van der Waals surface area (Å²) in [5.74, 6) is 0.358. The molecule has 0 radical (unpaired) electrons. The number of ether oxygens (including phenoxy) is 2. The zero-order chi connectivity index (χ0) is 20.6. The fourth-order valence-corrected chi connectivity index (χ4v) is 4.65. The summed E-state index contributed by atoms with van der Waals surface area (Å²) in [6, 6.07) is 17.8. The molecule has 156 valence electrons. The van der Waals surface area contributed by atoms with Gasteiger partial charge in [0.25, 0.3) is 0 Å². The van der Waals surface area contributed by atoms with Crippen molar-refractivity contribution in [3.05, 3.63) is 64.4 Å². The van der Waals surface area contributed by atoms with Crippen molar-refractivity contribution in [1.82, 2.24) is 19.2 Å². The minimum absolute atomic E-state index is 0.385. The van der Waals surface area contributed by atoms with Gasteiger partial charge in [-0.1, -0.05) is 41.9 Å². The summed E-state index contributed by atoms with van der Waals surface area (Å²) in [4.78, 5) is 2.34. The summed E-state index contributed by atoms with van der Waals surface area (Å²) in [5.41, 5.74) is 1.83. The molecule has 8 heteroatoms. The van der Waals surface area contributed by atoms with Crippen LogP contribution >= 0.6 is 23.8 Å². The summed E-state index contributed by atoms with van der Waals surface area (Å²) in [6.07, 6.45) is 1.72. The van der Waals surface area contributed by atoms with Crippen molar-refractivity contribution in [1.29, 1.82) is 0 Å². The highest BCUT2D eigenvalue weighted by atomic mass is 35.5. The maximum Gasteiger partial charge on any atom is 0.204 e. The lowest BCUT2D eigenvalue weighted by Gasteiger charge is -2.37. The van der Waals surface area contributed by atoms with Gasteiger partial charge in [-0.15, -0.1) is 5.10 Å². The van der Waals surface area contributed by atoms with Gasteiger partial charge in [0.1, 0.15) is 0 Å². The Labute approximate surface area is 185 Å². The lowest BCUT2D eigenvalue weighted by Crippen LogP contribution is -2.45. The van der Waals surface area contributed by atoms with E-state index in [0.29, 0.717) is 29.7 Å². The van der Waals surface area contributed by atoms with E-state index in [4.69, 9.17) is 38.4 Å². The molecule has 5 rings (SSSR count). The third-order valence-electron chi connectivity index (χ3n) is 5.73. The highest BCUT2D eigenvalue weighted by Crippen LogP contribution is 2.32. The molecule has 0 amide bonds. The molecule has 2 aliphatic rings. The van der Waals surface area contributed by atoms with Crippen LogP contribution < -0.4 is 0 Å². The highest BCUT2D eigenvalue weighted by Gasteiger charge is 2.39. The molecule has 3 aromatic rings. The first-order valence-electron chi connectivity index (χ1n) is 10.2. The predicted molar refractivity (Wildman–Crippen MR) is 118 cm³/mol. The molecule has 30 heavy (non-hydrogen) atoms. The first kappa shape index (κ1) is 19.9. The third-order valence-corrected chi connectivity index (χ3v) is 6.46. The zero-order valence-corrected chi connectivity index (χ0v) is 18.1. The molecule has 0 bridgehead atoms. The molecule has 0 aliphatic carbocycles. The molecule has 0 unspecified atom stereocenters. The van der Waals surface area contributed by atoms with Crippen LogP contribution in [0.4, 0.5) is 0 Å². The SMILES string of the molecule is S=c1n(CN2CCC3(CC2)OCCO3)nc(-c2ccccc2Cl)n1-c1ccccc1. The Morgan fingerprint density at radius 2 is 1.63 bits per heavy atom. The number of hydrogen-bond donors (Lipinski definition) is 0. The van der Waals surface area contributed by atoms with Crippen LogP contribution in [0.15, 0.2) is 54.6 Å². The van der Waals surface area contributed by atoms with E-state index in [1.54, 1.807) is 0 Å². The van der Waals surface area contributed by atoms with Crippen LogP contribution in [0.1, 0.15) is 12.8 Å².